The highest BCUT2D eigenvalue weighted by Crippen LogP contribution is 2.58. The largest absolute Gasteiger partial charge is 0.342 e. The van der Waals surface area contributed by atoms with Crippen molar-refractivity contribution in [2.45, 2.75) is 37.5 Å². The van der Waals surface area contributed by atoms with Gasteiger partial charge in [-0.15, -0.1) is 11.6 Å². The van der Waals surface area contributed by atoms with E-state index < -0.39 is 0 Å². The van der Waals surface area contributed by atoms with Crippen LogP contribution in [0.1, 0.15) is 32.1 Å². The number of nitrogens with zero attached hydrogens (tertiary/aromatic N) is 1. The first kappa shape index (κ1) is 9.95. The highest BCUT2D eigenvalue weighted by atomic mass is 35.5. The lowest BCUT2D eigenvalue weighted by Gasteiger charge is -2.30. The van der Waals surface area contributed by atoms with E-state index in [1.165, 1.54) is 19.3 Å². The summed E-state index contributed by atoms with van der Waals surface area (Å²) in [5.74, 6) is 2.36. The van der Waals surface area contributed by atoms with Gasteiger partial charge in [0.15, 0.2) is 0 Å². The third kappa shape index (κ3) is 1.67. The van der Waals surface area contributed by atoms with Crippen LogP contribution in [0.2, 0.25) is 0 Å². The summed E-state index contributed by atoms with van der Waals surface area (Å²) in [6, 6.07) is 0. The molecule has 1 amide bonds. The zero-order valence-electron chi connectivity index (χ0n) is 8.99. The smallest absolute Gasteiger partial charge is 0.226 e. The number of alkyl halides is 1. The summed E-state index contributed by atoms with van der Waals surface area (Å²) in [5, 5.41) is 0.299. The molecule has 0 radical (unpaired) electrons. The second-order valence-corrected chi connectivity index (χ2v) is 5.90. The molecule has 0 aromatic carbocycles. The van der Waals surface area contributed by atoms with E-state index >= 15 is 0 Å². The number of rotatable bonds is 1. The Morgan fingerprint density at radius 2 is 1.67 bits per heavy atom. The van der Waals surface area contributed by atoms with Gasteiger partial charge in [-0.1, -0.05) is 6.42 Å². The number of fused-ring (bicyclic) bond motifs is 1. The van der Waals surface area contributed by atoms with E-state index in [9.17, 15) is 4.79 Å². The zero-order chi connectivity index (χ0) is 10.4. The predicted molar refractivity (Wildman–Crippen MR) is 59.8 cm³/mol. The minimum atomic E-state index is 0.299. The van der Waals surface area contributed by atoms with E-state index in [0.717, 1.165) is 37.8 Å². The number of hydrogen-bond acceptors (Lipinski definition) is 1. The highest BCUT2D eigenvalue weighted by molar-refractivity contribution is 6.20. The lowest BCUT2D eigenvalue weighted by Crippen LogP contribution is -2.40. The number of carbonyl (C=O) groups is 1. The maximum Gasteiger partial charge on any atom is 0.226 e. The molecule has 3 fully saturated rings. The minimum Gasteiger partial charge on any atom is -0.342 e. The first-order chi connectivity index (χ1) is 7.27. The van der Waals surface area contributed by atoms with Crippen molar-refractivity contribution in [3.8, 4) is 0 Å². The van der Waals surface area contributed by atoms with E-state index in [2.05, 4.69) is 4.90 Å². The number of piperidine rings is 1. The van der Waals surface area contributed by atoms with Crippen LogP contribution in [0.3, 0.4) is 0 Å². The van der Waals surface area contributed by atoms with Gasteiger partial charge >= 0.3 is 0 Å². The van der Waals surface area contributed by atoms with Gasteiger partial charge in [0.2, 0.25) is 5.91 Å². The van der Waals surface area contributed by atoms with Crippen molar-refractivity contribution in [3.05, 3.63) is 0 Å². The normalized spacial score (nSPS) is 40.3. The second-order valence-electron chi connectivity index (χ2n) is 5.28. The third-order valence-electron chi connectivity index (χ3n) is 4.43. The van der Waals surface area contributed by atoms with Gasteiger partial charge in [0.1, 0.15) is 0 Å². The van der Waals surface area contributed by atoms with Crippen LogP contribution in [0, 0.1) is 17.8 Å². The van der Waals surface area contributed by atoms with E-state index in [-0.39, 0.29) is 0 Å². The highest BCUT2D eigenvalue weighted by Gasteiger charge is 2.57. The SMILES string of the molecule is O=C(C1C2CCCC21)N1CCC(Cl)CC1. The van der Waals surface area contributed by atoms with Gasteiger partial charge in [-0.3, -0.25) is 4.79 Å². The molecule has 0 aromatic heterocycles. The third-order valence-corrected chi connectivity index (χ3v) is 4.86. The summed E-state index contributed by atoms with van der Waals surface area (Å²) >= 11 is 6.04. The number of amides is 1. The van der Waals surface area contributed by atoms with Crippen LogP contribution in [0.4, 0.5) is 0 Å². The molecule has 2 nitrogen and oxygen atoms in total. The summed E-state index contributed by atoms with van der Waals surface area (Å²) in [6.07, 6.45) is 5.91. The van der Waals surface area contributed by atoms with Crippen LogP contribution in [-0.4, -0.2) is 29.3 Å². The Hall–Kier alpha value is -0.240. The number of carbonyl (C=O) groups excluding carboxylic acids is 1. The molecule has 3 heteroatoms. The van der Waals surface area contributed by atoms with Crippen molar-refractivity contribution < 1.29 is 4.79 Å². The Labute approximate surface area is 96.0 Å². The van der Waals surface area contributed by atoms with Crippen molar-refractivity contribution in [2.75, 3.05) is 13.1 Å². The van der Waals surface area contributed by atoms with Crippen LogP contribution in [0.5, 0.6) is 0 Å². The van der Waals surface area contributed by atoms with Gasteiger partial charge in [0.25, 0.3) is 0 Å². The fourth-order valence-electron chi connectivity index (χ4n) is 3.47. The molecule has 3 rings (SSSR count). The monoisotopic (exact) mass is 227 g/mol. The topological polar surface area (TPSA) is 20.3 Å². The Bertz CT molecular complexity index is 263. The fraction of sp³-hybridized carbons (Fsp3) is 0.917. The molecule has 0 aromatic rings. The minimum absolute atomic E-state index is 0.299. The van der Waals surface area contributed by atoms with Gasteiger partial charge in [0, 0.05) is 24.4 Å². The maximum absolute atomic E-state index is 12.2. The van der Waals surface area contributed by atoms with Gasteiger partial charge in [-0.25, -0.2) is 0 Å². The molecule has 84 valence electrons. The Morgan fingerprint density at radius 1 is 1.07 bits per heavy atom. The first-order valence-electron chi connectivity index (χ1n) is 6.20. The number of likely N-dealkylation sites (tertiary alicyclic amines) is 1. The van der Waals surface area contributed by atoms with Crippen LogP contribution >= 0.6 is 11.6 Å². The van der Waals surface area contributed by atoms with Gasteiger partial charge in [-0.05, 0) is 37.5 Å². The van der Waals surface area contributed by atoms with Crippen LogP contribution in [-0.2, 0) is 4.79 Å². The quantitative estimate of drug-likeness (QED) is 0.630. The molecule has 15 heavy (non-hydrogen) atoms. The molecule has 3 aliphatic rings. The molecule has 1 heterocycles. The van der Waals surface area contributed by atoms with Crippen molar-refractivity contribution in [1.82, 2.24) is 4.90 Å². The summed E-state index contributed by atoms with van der Waals surface area (Å²) in [7, 11) is 0. The van der Waals surface area contributed by atoms with Crippen molar-refractivity contribution in [3.63, 3.8) is 0 Å². The Morgan fingerprint density at radius 3 is 2.27 bits per heavy atom. The molecule has 2 unspecified atom stereocenters. The lowest BCUT2D eigenvalue weighted by atomic mass is 10.1. The molecule has 0 N–H and O–H groups in total. The lowest BCUT2D eigenvalue weighted by molar-refractivity contribution is -0.134. The van der Waals surface area contributed by atoms with Gasteiger partial charge in [-0.2, -0.15) is 0 Å². The molecular weight excluding hydrogens is 210 g/mol. The van der Waals surface area contributed by atoms with Gasteiger partial charge < -0.3 is 4.90 Å². The Balaban J connectivity index is 1.57. The molecular formula is C12H18ClNO. The van der Waals surface area contributed by atoms with Crippen molar-refractivity contribution in [2.24, 2.45) is 17.8 Å². The van der Waals surface area contributed by atoms with E-state index in [4.69, 9.17) is 11.6 Å². The molecule has 0 bridgehead atoms. The predicted octanol–water partition coefficient (Wildman–Crippen LogP) is 2.26. The van der Waals surface area contributed by atoms with Gasteiger partial charge in [0.05, 0.1) is 0 Å². The number of hydrogen-bond donors (Lipinski definition) is 0. The van der Waals surface area contributed by atoms with Crippen molar-refractivity contribution in [1.29, 1.82) is 0 Å². The van der Waals surface area contributed by atoms with Crippen molar-refractivity contribution >= 4 is 17.5 Å². The first-order valence-corrected chi connectivity index (χ1v) is 6.64. The van der Waals surface area contributed by atoms with E-state index in [0.29, 0.717) is 17.2 Å². The fourth-order valence-corrected chi connectivity index (χ4v) is 3.66. The van der Waals surface area contributed by atoms with Crippen LogP contribution < -0.4 is 0 Å². The Kier molecular flexibility index (Phi) is 2.42. The molecule has 1 saturated heterocycles. The van der Waals surface area contributed by atoms with Crippen LogP contribution in [0.25, 0.3) is 0 Å². The molecule has 2 atom stereocenters. The average molecular weight is 228 g/mol. The summed E-state index contributed by atoms with van der Waals surface area (Å²) < 4.78 is 0. The maximum atomic E-state index is 12.2. The summed E-state index contributed by atoms with van der Waals surface area (Å²) in [4.78, 5) is 14.2. The average Bonchev–Trinajstić information content (AvgIpc) is 2.72. The molecule has 0 spiro atoms. The standard InChI is InChI=1S/C12H18ClNO/c13-8-4-6-14(7-5-8)12(15)11-9-2-1-3-10(9)11/h8-11H,1-7H2. The molecule has 2 aliphatic carbocycles. The van der Waals surface area contributed by atoms with E-state index in [1.54, 1.807) is 0 Å². The van der Waals surface area contributed by atoms with E-state index in [1.807, 2.05) is 0 Å². The van der Waals surface area contributed by atoms with Crippen LogP contribution in [0.15, 0.2) is 0 Å². The summed E-state index contributed by atoms with van der Waals surface area (Å²) in [5.41, 5.74) is 0. The molecule has 1 aliphatic heterocycles. The second kappa shape index (κ2) is 3.65. The molecule has 2 saturated carbocycles. The zero-order valence-corrected chi connectivity index (χ0v) is 9.75. The number of halogens is 1. The summed E-state index contributed by atoms with van der Waals surface area (Å²) in [6.45, 7) is 1.78.